The van der Waals surface area contributed by atoms with Crippen LogP contribution in [0.5, 0.6) is 0 Å². The van der Waals surface area contributed by atoms with Gasteiger partial charge in [0.15, 0.2) is 0 Å². The smallest absolute Gasteiger partial charge is 0.0684 e. The average Bonchev–Trinajstić information content (AvgIpc) is 2.68. The van der Waals surface area contributed by atoms with E-state index in [-0.39, 0.29) is 6.61 Å². The third kappa shape index (κ3) is 1.65. The maximum Gasteiger partial charge on any atom is 0.0684 e. The van der Waals surface area contributed by atoms with Crippen LogP contribution in [0, 0.1) is 0 Å². The summed E-state index contributed by atoms with van der Waals surface area (Å²) >= 11 is 0. The number of aliphatic hydroxyl groups is 1. The lowest BCUT2D eigenvalue weighted by Gasteiger charge is -2.04. The van der Waals surface area contributed by atoms with Gasteiger partial charge in [0.2, 0.25) is 0 Å². The summed E-state index contributed by atoms with van der Waals surface area (Å²) in [6, 6.07) is 5.76. The van der Waals surface area contributed by atoms with Crippen molar-refractivity contribution >= 4 is 0 Å². The average molecular weight is 189 g/mol. The zero-order valence-electron chi connectivity index (χ0n) is 7.67. The minimum absolute atomic E-state index is 0.0970. The molecule has 0 aliphatic rings. The van der Waals surface area contributed by atoms with Gasteiger partial charge in [-0.1, -0.05) is 0 Å². The second-order valence-electron chi connectivity index (χ2n) is 2.90. The first kappa shape index (κ1) is 8.90. The molecule has 2 aromatic rings. The van der Waals surface area contributed by atoms with Gasteiger partial charge in [-0.15, -0.1) is 0 Å². The van der Waals surface area contributed by atoms with Crippen molar-refractivity contribution in [2.75, 3.05) is 6.61 Å². The number of aromatic nitrogens is 3. The van der Waals surface area contributed by atoms with E-state index in [1.165, 1.54) is 0 Å². The molecule has 1 N–H and O–H groups in total. The quantitative estimate of drug-likeness (QED) is 0.781. The molecule has 0 aliphatic heterocycles. The molecule has 0 aliphatic carbocycles. The van der Waals surface area contributed by atoms with Crippen molar-refractivity contribution in [3.8, 4) is 11.3 Å². The second kappa shape index (κ2) is 4.02. The lowest BCUT2D eigenvalue weighted by molar-refractivity contribution is 0.270. The Labute approximate surface area is 81.8 Å². The van der Waals surface area contributed by atoms with Crippen LogP contribution >= 0.6 is 0 Å². The summed E-state index contributed by atoms with van der Waals surface area (Å²) in [6.45, 7) is 0.615. The van der Waals surface area contributed by atoms with E-state index in [1.54, 1.807) is 23.3 Å². The minimum Gasteiger partial charge on any atom is -0.394 e. The molecule has 0 bridgehead atoms. The van der Waals surface area contributed by atoms with E-state index in [0.717, 1.165) is 11.3 Å². The monoisotopic (exact) mass is 189 g/mol. The normalized spacial score (nSPS) is 10.4. The number of aliphatic hydroxyl groups excluding tert-OH is 1. The lowest BCUT2D eigenvalue weighted by atomic mass is 10.2. The molecule has 0 amide bonds. The highest BCUT2D eigenvalue weighted by atomic mass is 16.3. The zero-order chi connectivity index (χ0) is 9.80. The molecule has 0 radical (unpaired) electrons. The maximum atomic E-state index is 8.84. The van der Waals surface area contributed by atoms with Gasteiger partial charge in [0.05, 0.1) is 18.8 Å². The number of pyridine rings is 1. The van der Waals surface area contributed by atoms with Crippen molar-refractivity contribution in [1.82, 2.24) is 14.8 Å². The van der Waals surface area contributed by atoms with Crippen molar-refractivity contribution in [3.63, 3.8) is 0 Å². The molecule has 0 unspecified atom stereocenters. The Morgan fingerprint density at radius 3 is 2.64 bits per heavy atom. The first-order valence-electron chi connectivity index (χ1n) is 4.45. The molecule has 2 rings (SSSR count). The van der Waals surface area contributed by atoms with Crippen LogP contribution in [0.3, 0.4) is 0 Å². The highest BCUT2D eigenvalue weighted by Gasteiger charge is 2.03. The first-order chi connectivity index (χ1) is 6.92. The van der Waals surface area contributed by atoms with Gasteiger partial charge in [0, 0.05) is 24.2 Å². The van der Waals surface area contributed by atoms with Crippen LogP contribution in [0.15, 0.2) is 36.8 Å². The van der Waals surface area contributed by atoms with Gasteiger partial charge in [0.1, 0.15) is 0 Å². The van der Waals surface area contributed by atoms with Crippen molar-refractivity contribution in [2.24, 2.45) is 0 Å². The molecule has 2 aromatic heterocycles. The van der Waals surface area contributed by atoms with Crippen LogP contribution in [0.1, 0.15) is 0 Å². The van der Waals surface area contributed by atoms with Gasteiger partial charge in [-0.25, -0.2) is 0 Å². The summed E-state index contributed by atoms with van der Waals surface area (Å²) in [6.07, 6.45) is 5.21. The molecule has 14 heavy (non-hydrogen) atoms. The topological polar surface area (TPSA) is 50.9 Å². The van der Waals surface area contributed by atoms with Crippen molar-refractivity contribution in [1.29, 1.82) is 0 Å². The van der Waals surface area contributed by atoms with Gasteiger partial charge < -0.3 is 5.11 Å². The van der Waals surface area contributed by atoms with Crippen molar-refractivity contribution in [3.05, 3.63) is 36.8 Å². The number of rotatable bonds is 3. The van der Waals surface area contributed by atoms with Crippen molar-refractivity contribution < 1.29 is 5.11 Å². The predicted octanol–water partition coefficient (Wildman–Crippen LogP) is 0.937. The Hall–Kier alpha value is -1.68. The fourth-order valence-electron chi connectivity index (χ4n) is 1.37. The molecular formula is C10H11N3O. The largest absolute Gasteiger partial charge is 0.394 e. The Morgan fingerprint density at radius 2 is 1.93 bits per heavy atom. The fraction of sp³-hybridized carbons (Fsp3) is 0.200. The Bertz CT molecular complexity index is 397. The van der Waals surface area contributed by atoms with E-state index in [0.29, 0.717) is 6.54 Å². The molecule has 0 saturated carbocycles. The standard InChI is InChI=1S/C10H11N3O/c14-8-7-13-10(3-6-12-13)9-1-4-11-5-2-9/h1-6,14H,7-8H2. The lowest BCUT2D eigenvalue weighted by Crippen LogP contribution is -2.05. The third-order valence-corrected chi connectivity index (χ3v) is 2.00. The predicted molar refractivity (Wildman–Crippen MR) is 52.5 cm³/mol. The van der Waals surface area contributed by atoms with E-state index >= 15 is 0 Å². The zero-order valence-corrected chi connectivity index (χ0v) is 7.67. The van der Waals surface area contributed by atoms with Gasteiger partial charge in [0.25, 0.3) is 0 Å². The molecule has 0 fully saturated rings. The van der Waals surface area contributed by atoms with E-state index in [1.807, 2.05) is 18.2 Å². The maximum absolute atomic E-state index is 8.84. The molecule has 0 aromatic carbocycles. The summed E-state index contributed by atoms with van der Waals surface area (Å²) in [7, 11) is 0. The molecule has 2 heterocycles. The summed E-state index contributed by atoms with van der Waals surface area (Å²) < 4.78 is 1.77. The van der Waals surface area contributed by atoms with E-state index in [9.17, 15) is 0 Å². The molecule has 4 nitrogen and oxygen atoms in total. The Morgan fingerprint density at radius 1 is 1.14 bits per heavy atom. The number of hydrogen-bond donors (Lipinski definition) is 1. The molecule has 0 saturated heterocycles. The van der Waals surface area contributed by atoms with E-state index in [4.69, 9.17) is 5.11 Å². The van der Waals surface area contributed by atoms with Gasteiger partial charge in [-0.2, -0.15) is 5.10 Å². The van der Waals surface area contributed by atoms with Crippen LogP contribution < -0.4 is 0 Å². The fourth-order valence-corrected chi connectivity index (χ4v) is 1.37. The summed E-state index contributed by atoms with van der Waals surface area (Å²) in [5.41, 5.74) is 2.06. The molecule has 0 spiro atoms. The Kier molecular flexibility index (Phi) is 2.55. The van der Waals surface area contributed by atoms with Crippen LogP contribution in [0.25, 0.3) is 11.3 Å². The molecule has 72 valence electrons. The number of hydrogen-bond acceptors (Lipinski definition) is 3. The molecule has 0 atom stereocenters. The summed E-state index contributed by atoms with van der Waals surface area (Å²) in [4.78, 5) is 3.95. The molecular weight excluding hydrogens is 178 g/mol. The highest BCUT2D eigenvalue weighted by molar-refractivity contribution is 5.58. The van der Waals surface area contributed by atoms with Crippen LogP contribution in [0.4, 0.5) is 0 Å². The molecule has 4 heteroatoms. The van der Waals surface area contributed by atoms with E-state index < -0.39 is 0 Å². The first-order valence-corrected chi connectivity index (χ1v) is 4.45. The Balaban J connectivity index is 2.37. The van der Waals surface area contributed by atoms with Crippen LogP contribution in [0.2, 0.25) is 0 Å². The third-order valence-electron chi connectivity index (χ3n) is 2.00. The van der Waals surface area contributed by atoms with Gasteiger partial charge in [-0.05, 0) is 18.2 Å². The highest BCUT2D eigenvalue weighted by Crippen LogP contribution is 2.16. The van der Waals surface area contributed by atoms with Crippen molar-refractivity contribution in [2.45, 2.75) is 6.54 Å². The van der Waals surface area contributed by atoms with Gasteiger partial charge >= 0.3 is 0 Å². The SMILES string of the molecule is OCCn1nccc1-c1ccncc1. The van der Waals surface area contributed by atoms with Gasteiger partial charge in [-0.3, -0.25) is 9.67 Å². The second-order valence-corrected chi connectivity index (χ2v) is 2.90. The van der Waals surface area contributed by atoms with E-state index in [2.05, 4.69) is 10.1 Å². The van der Waals surface area contributed by atoms with Crippen LogP contribution in [-0.2, 0) is 6.54 Å². The minimum atomic E-state index is 0.0970. The summed E-state index contributed by atoms with van der Waals surface area (Å²) in [5.74, 6) is 0. The summed E-state index contributed by atoms with van der Waals surface area (Å²) in [5, 5.41) is 13.0. The van der Waals surface area contributed by atoms with Crippen LogP contribution in [-0.4, -0.2) is 26.5 Å². The number of nitrogens with zero attached hydrogens (tertiary/aromatic N) is 3.